The fourth-order valence-corrected chi connectivity index (χ4v) is 3.57. The van der Waals surface area contributed by atoms with E-state index in [-0.39, 0.29) is 19.1 Å². The van der Waals surface area contributed by atoms with E-state index in [9.17, 15) is 18.0 Å². The Bertz CT molecular complexity index is 606. The molecule has 3 rings (SSSR count). The number of hydrogen-bond acceptors (Lipinski definition) is 3. The van der Waals surface area contributed by atoms with Gasteiger partial charge in [0.1, 0.15) is 0 Å². The fourth-order valence-electron chi connectivity index (χ4n) is 3.57. The van der Waals surface area contributed by atoms with Gasteiger partial charge in [-0.05, 0) is 31.0 Å². The van der Waals surface area contributed by atoms with E-state index in [0.29, 0.717) is 24.7 Å². The monoisotopic (exact) mass is 356 g/mol. The molecule has 7 heteroatoms. The van der Waals surface area contributed by atoms with Crippen LogP contribution in [0.1, 0.15) is 30.4 Å². The van der Waals surface area contributed by atoms with Crippen molar-refractivity contribution in [3.05, 3.63) is 35.4 Å². The van der Waals surface area contributed by atoms with Gasteiger partial charge in [0, 0.05) is 32.1 Å². The van der Waals surface area contributed by atoms with E-state index in [2.05, 4.69) is 4.90 Å². The van der Waals surface area contributed by atoms with Gasteiger partial charge in [0.15, 0.2) is 0 Å². The van der Waals surface area contributed by atoms with Crippen LogP contribution in [0.4, 0.5) is 18.0 Å². The van der Waals surface area contributed by atoms with Crippen LogP contribution in [0.3, 0.4) is 0 Å². The summed E-state index contributed by atoms with van der Waals surface area (Å²) in [6.07, 6.45) is -0.922. The molecule has 0 radical (unpaired) electrons. The molecule has 0 saturated carbocycles. The summed E-state index contributed by atoms with van der Waals surface area (Å²) in [7, 11) is 0. The van der Waals surface area contributed by atoms with Crippen molar-refractivity contribution in [2.24, 2.45) is 0 Å². The summed E-state index contributed by atoms with van der Waals surface area (Å²) >= 11 is 0. The zero-order valence-electron chi connectivity index (χ0n) is 14.1. The molecule has 4 nitrogen and oxygen atoms in total. The first-order chi connectivity index (χ1) is 11.9. The van der Waals surface area contributed by atoms with Crippen molar-refractivity contribution in [2.45, 2.75) is 37.9 Å². The number of alkyl halides is 3. The van der Waals surface area contributed by atoms with Gasteiger partial charge >= 0.3 is 12.3 Å². The van der Waals surface area contributed by atoms with Crippen LogP contribution < -0.4 is 0 Å². The van der Waals surface area contributed by atoms with E-state index in [0.717, 1.165) is 31.6 Å². The van der Waals surface area contributed by atoms with Gasteiger partial charge in [-0.3, -0.25) is 4.90 Å². The van der Waals surface area contributed by atoms with Crippen molar-refractivity contribution < 1.29 is 22.7 Å². The highest BCUT2D eigenvalue weighted by atomic mass is 19.4. The fraction of sp³-hybridized carbons (Fsp3) is 0.611. The summed E-state index contributed by atoms with van der Waals surface area (Å²) in [5.41, 5.74) is -0.163. The summed E-state index contributed by atoms with van der Waals surface area (Å²) in [6.45, 7) is 3.39. The molecule has 0 bridgehead atoms. The second-order valence-electron chi connectivity index (χ2n) is 6.69. The highest BCUT2D eigenvalue weighted by molar-refractivity contribution is 5.67. The molecule has 2 aliphatic heterocycles. The van der Waals surface area contributed by atoms with Gasteiger partial charge in [-0.25, -0.2) is 4.79 Å². The van der Waals surface area contributed by atoms with Crippen LogP contribution in [-0.2, 0) is 17.3 Å². The first-order valence-corrected chi connectivity index (χ1v) is 8.75. The van der Waals surface area contributed by atoms with Crippen LogP contribution in [-0.4, -0.2) is 54.7 Å². The number of carbonyl (C=O) groups is 1. The van der Waals surface area contributed by atoms with Gasteiger partial charge in [-0.2, -0.15) is 13.2 Å². The highest BCUT2D eigenvalue weighted by Gasteiger charge is 2.32. The molecular formula is C18H23F3N2O2. The maximum absolute atomic E-state index is 12.7. The van der Waals surface area contributed by atoms with E-state index >= 15 is 0 Å². The Hall–Kier alpha value is -1.76. The van der Waals surface area contributed by atoms with Crippen LogP contribution >= 0.6 is 0 Å². The van der Waals surface area contributed by atoms with Crippen molar-refractivity contribution in [1.29, 1.82) is 0 Å². The molecule has 2 saturated heterocycles. The van der Waals surface area contributed by atoms with E-state index in [1.165, 1.54) is 18.9 Å². The van der Waals surface area contributed by atoms with Gasteiger partial charge in [-0.1, -0.05) is 24.6 Å². The molecule has 2 fully saturated rings. The quantitative estimate of drug-likeness (QED) is 0.830. The maximum atomic E-state index is 12.7. The third-order valence-electron chi connectivity index (χ3n) is 4.97. The second kappa shape index (κ2) is 7.64. The van der Waals surface area contributed by atoms with Crippen molar-refractivity contribution in [1.82, 2.24) is 9.80 Å². The molecular weight excluding hydrogens is 333 g/mol. The predicted molar refractivity (Wildman–Crippen MR) is 87.3 cm³/mol. The number of rotatable bonds is 3. The Labute approximate surface area is 145 Å². The number of ether oxygens (including phenoxy) is 1. The summed E-state index contributed by atoms with van der Waals surface area (Å²) in [5, 5.41) is 0. The predicted octanol–water partition coefficient (Wildman–Crippen LogP) is 3.55. The molecule has 2 aliphatic rings. The minimum absolute atomic E-state index is 0.0883. The average molecular weight is 356 g/mol. The van der Waals surface area contributed by atoms with Crippen molar-refractivity contribution >= 4 is 6.09 Å². The average Bonchev–Trinajstić information content (AvgIpc) is 2.61. The van der Waals surface area contributed by atoms with Crippen LogP contribution in [0.2, 0.25) is 0 Å². The zero-order valence-corrected chi connectivity index (χ0v) is 14.1. The topological polar surface area (TPSA) is 32.8 Å². The number of halogens is 3. The number of piperidine rings is 1. The van der Waals surface area contributed by atoms with E-state index < -0.39 is 11.7 Å². The molecule has 1 atom stereocenters. The van der Waals surface area contributed by atoms with Gasteiger partial charge in [0.25, 0.3) is 0 Å². The summed E-state index contributed by atoms with van der Waals surface area (Å²) in [5.74, 6) is 0. The highest BCUT2D eigenvalue weighted by Crippen LogP contribution is 2.29. The lowest BCUT2D eigenvalue weighted by atomic mass is 10.00. The lowest BCUT2D eigenvalue weighted by Gasteiger charge is -2.43. The van der Waals surface area contributed by atoms with Gasteiger partial charge in [-0.15, -0.1) is 0 Å². The molecule has 0 aliphatic carbocycles. The third kappa shape index (κ3) is 4.66. The van der Waals surface area contributed by atoms with Crippen LogP contribution in [0, 0.1) is 0 Å². The van der Waals surface area contributed by atoms with Gasteiger partial charge in [0.05, 0.1) is 12.2 Å². The minimum Gasteiger partial charge on any atom is -0.449 e. The molecule has 0 N–H and O–H groups in total. The normalized spacial score (nSPS) is 21.7. The number of nitrogens with zero attached hydrogens (tertiary/aromatic N) is 2. The molecule has 1 aromatic carbocycles. The molecule has 138 valence electrons. The Balaban J connectivity index is 1.47. The molecule has 2 heterocycles. The van der Waals surface area contributed by atoms with Crippen molar-refractivity contribution in [3.63, 3.8) is 0 Å². The molecule has 1 aromatic rings. The first-order valence-electron chi connectivity index (χ1n) is 8.75. The molecule has 0 aromatic heterocycles. The lowest BCUT2D eigenvalue weighted by molar-refractivity contribution is -0.137. The number of amides is 1. The zero-order chi connectivity index (χ0) is 17.9. The van der Waals surface area contributed by atoms with E-state index in [1.807, 2.05) is 0 Å². The Kier molecular flexibility index (Phi) is 5.51. The maximum Gasteiger partial charge on any atom is 0.416 e. The molecule has 25 heavy (non-hydrogen) atoms. The summed E-state index contributed by atoms with van der Waals surface area (Å²) in [4.78, 5) is 16.3. The van der Waals surface area contributed by atoms with Crippen LogP contribution in [0.5, 0.6) is 0 Å². The lowest BCUT2D eigenvalue weighted by Crippen LogP contribution is -2.56. The number of carbonyl (C=O) groups excluding carboxylic acids is 1. The van der Waals surface area contributed by atoms with Gasteiger partial charge in [0.2, 0.25) is 0 Å². The Morgan fingerprint density at radius 1 is 1.20 bits per heavy atom. The van der Waals surface area contributed by atoms with Crippen LogP contribution in [0.15, 0.2) is 24.3 Å². The van der Waals surface area contributed by atoms with E-state index in [4.69, 9.17) is 4.74 Å². The minimum atomic E-state index is -4.35. The van der Waals surface area contributed by atoms with Crippen molar-refractivity contribution in [3.8, 4) is 0 Å². The molecule has 1 unspecified atom stereocenters. The largest absolute Gasteiger partial charge is 0.449 e. The molecule has 0 spiro atoms. The summed E-state index contributed by atoms with van der Waals surface area (Å²) in [6, 6.07) is 5.55. The summed E-state index contributed by atoms with van der Waals surface area (Å²) < 4.78 is 43.4. The van der Waals surface area contributed by atoms with E-state index in [1.54, 1.807) is 11.0 Å². The van der Waals surface area contributed by atoms with Crippen LogP contribution in [0.25, 0.3) is 0 Å². The van der Waals surface area contributed by atoms with Crippen molar-refractivity contribution in [2.75, 3.05) is 32.8 Å². The third-order valence-corrected chi connectivity index (χ3v) is 4.97. The standard InChI is InChI=1S/C18H23F3N2O2/c19-18(20,21)15-5-3-4-14(12-15)7-11-25-17(24)23-10-9-22-8-2-1-6-16(22)13-23/h3-5,12,16H,1-2,6-11,13H2. The number of hydrogen-bond donors (Lipinski definition) is 0. The number of benzene rings is 1. The Morgan fingerprint density at radius 2 is 2.04 bits per heavy atom. The molecule has 1 amide bonds. The van der Waals surface area contributed by atoms with Gasteiger partial charge < -0.3 is 9.64 Å². The Morgan fingerprint density at radius 3 is 2.84 bits per heavy atom. The second-order valence-corrected chi connectivity index (χ2v) is 6.69. The number of piperazine rings is 1. The number of fused-ring (bicyclic) bond motifs is 1. The first kappa shape index (κ1) is 18.0. The SMILES string of the molecule is O=C(OCCc1cccc(C(F)(F)F)c1)N1CCN2CCCCC2C1. The smallest absolute Gasteiger partial charge is 0.416 e.